The van der Waals surface area contributed by atoms with Crippen LogP contribution in [0.5, 0.6) is 0 Å². The first kappa shape index (κ1) is 23.3. The van der Waals surface area contributed by atoms with Crippen LogP contribution in [-0.2, 0) is 16.1 Å². The number of likely N-dealkylation sites (tertiary alicyclic amines) is 2. The fourth-order valence-corrected chi connectivity index (χ4v) is 5.13. The molecule has 2 fully saturated rings. The molecule has 0 amide bonds. The van der Waals surface area contributed by atoms with E-state index in [-0.39, 0.29) is 11.5 Å². The SMILES string of the molecule is CC(C)(C)C1CCN(C[C@@H]2CCN(C(C)(C)CC(=O)OCc3ccccc3)C2)CC1. The maximum absolute atomic E-state index is 12.4. The zero-order chi connectivity index (χ0) is 21.8. The molecule has 2 heterocycles. The predicted octanol–water partition coefficient (Wildman–Crippen LogP) is 4.98. The van der Waals surface area contributed by atoms with Crippen molar-refractivity contribution in [1.29, 1.82) is 0 Å². The third kappa shape index (κ3) is 6.55. The number of carbonyl (C=O) groups is 1. The summed E-state index contributed by atoms with van der Waals surface area (Å²) in [6.45, 7) is 17.8. The molecule has 2 aliphatic rings. The van der Waals surface area contributed by atoms with Crippen LogP contribution in [0, 0.1) is 17.3 Å². The maximum atomic E-state index is 12.4. The minimum Gasteiger partial charge on any atom is -0.461 e. The number of piperidine rings is 1. The lowest BCUT2D eigenvalue weighted by Crippen LogP contribution is -2.45. The number of nitrogens with zero attached hydrogens (tertiary/aromatic N) is 2. The van der Waals surface area contributed by atoms with Gasteiger partial charge in [-0.05, 0) is 75.6 Å². The second kappa shape index (κ2) is 9.82. The second-order valence-corrected chi connectivity index (χ2v) is 11.2. The Bertz CT molecular complexity index is 672. The molecule has 0 unspecified atom stereocenters. The maximum Gasteiger partial charge on any atom is 0.307 e. The lowest BCUT2D eigenvalue weighted by atomic mass is 9.75. The minimum absolute atomic E-state index is 0.100. The zero-order valence-corrected chi connectivity index (χ0v) is 19.8. The number of ether oxygens (including phenoxy) is 1. The fourth-order valence-electron chi connectivity index (χ4n) is 5.13. The molecule has 2 saturated heterocycles. The van der Waals surface area contributed by atoms with Gasteiger partial charge in [0.2, 0.25) is 0 Å². The first-order valence-corrected chi connectivity index (χ1v) is 11.8. The highest BCUT2D eigenvalue weighted by Crippen LogP contribution is 2.35. The molecule has 1 aromatic carbocycles. The van der Waals surface area contributed by atoms with Gasteiger partial charge >= 0.3 is 5.97 Å². The molecule has 1 atom stereocenters. The van der Waals surface area contributed by atoms with Gasteiger partial charge in [0.05, 0.1) is 6.42 Å². The first-order valence-electron chi connectivity index (χ1n) is 11.8. The van der Waals surface area contributed by atoms with Crippen LogP contribution in [0.2, 0.25) is 0 Å². The smallest absolute Gasteiger partial charge is 0.307 e. The van der Waals surface area contributed by atoms with Crippen molar-refractivity contribution in [3.8, 4) is 0 Å². The summed E-state index contributed by atoms with van der Waals surface area (Å²) in [5.41, 5.74) is 1.33. The molecule has 0 bridgehead atoms. The Labute approximate surface area is 184 Å². The monoisotopic (exact) mass is 414 g/mol. The van der Waals surface area contributed by atoms with Gasteiger partial charge in [0.15, 0.2) is 0 Å². The fraction of sp³-hybridized carbons (Fsp3) is 0.731. The van der Waals surface area contributed by atoms with Gasteiger partial charge in [0.25, 0.3) is 0 Å². The molecule has 4 nitrogen and oxygen atoms in total. The molecule has 0 saturated carbocycles. The molecule has 1 aromatic rings. The van der Waals surface area contributed by atoms with Crippen molar-refractivity contribution in [2.45, 2.75) is 72.4 Å². The summed E-state index contributed by atoms with van der Waals surface area (Å²) in [7, 11) is 0. The van der Waals surface area contributed by atoms with E-state index in [0.29, 0.717) is 18.4 Å². The van der Waals surface area contributed by atoms with Crippen LogP contribution in [0.4, 0.5) is 0 Å². The largest absolute Gasteiger partial charge is 0.461 e. The molecular formula is C26H42N2O2. The summed E-state index contributed by atoms with van der Waals surface area (Å²) in [6, 6.07) is 9.92. The van der Waals surface area contributed by atoms with Crippen LogP contribution in [0.3, 0.4) is 0 Å². The van der Waals surface area contributed by atoms with E-state index < -0.39 is 0 Å². The average Bonchev–Trinajstić information content (AvgIpc) is 3.16. The highest BCUT2D eigenvalue weighted by atomic mass is 16.5. The first-order chi connectivity index (χ1) is 14.1. The highest BCUT2D eigenvalue weighted by Gasteiger charge is 2.37. The third-order valence-electron chi connectivity index (χ3n) is 7.29. The second-order valence-electron chi connectivity index (χ2n) is 11.2. The van der Waals surface area contributed by atoms with Gasteiger partial charge in [0.1, 0.15) is 6.61 Å². The number of hydrogen-bond donors (Lipinski definition) is 0. The van der Waals surface area contributed by atoms with Gasteiger partial charge in [-0.1, -0.05) is 51.1 Å². The van der Waals surface area contributed by atoms with E-state index >= 15 is 0 Å². The molecule has 0 N–H and O–H groups in total. The van der Waals surface area contributed by atoms with Crippen molar-refractivity contribution < 1.29 is 9.53 Å². The molecule has 3 rings (SSSR count). The van der Waals surface area contributed by atoms with Gasteiger partial charge in [-0.15, -0.1) is 0 Å². The molecule has 168 valence electrons. The number of hydrogen-bond acceptors (Lipinski definition) is 4. The van der Waals surface area contributed by atoms with Crippen LogP contribution >= 0.6 is 0 Å². The van der Waals surface area contributed by atoms with Crippen LogP contribution in [0.15, 0.2) is 30.3 Å². The minimum atomic E-state index is -0.151. The van der Waals surface area contributed by atoms with E-state index in [1.165, 1.54) is 38.9 Å². The predicted molar refractivity (Wildman–Crippen MR) is 123 cm³/mol. The standard InChI is InChI=1S/C26H42N2O2/c1-25(2,3)23-12-14-27(15-13-23)18-22-11-16-28(19-22)26(4,5)17-24(29)30-20-21-9-7-6-8-10-21/h6-10,22-23H,11-20H2,1-5H3/t22-/m0/s1. The van der Waals surface area contributed by atoms with Gasteiger partial charge in [0, 0.05) is 18.6 Å². The van der Waals surface area contributed by atoms with Crippen LogP contribution < -0.4 is 0 Å². The lowest BCUT2D eigenvalue weighted by Gasteiger charge is -2.40. The Hall–Kier alpha value is -1.39. The van der Waals surface area contributed by atoms with Gasteiger partial charge in [-0.25, -0.2) is 0 Å². The number of rotatable bonds is 7. The summed E-state index contributed by atoms with van der Waals surface area (Å²) in [5, 5.41) is 0. The molecule has 0 radical (unpaired) electrons. The van der Waals surface area contributed by atoms with E-state index in [2.05, 4.69) is 44.4 Å². The quantitative estimate of drug-likeness (QED) is 0.589. The Morgan fingerprint density at radius 1 is 1.00 bits per heavy atom. The van der Waals surface area contributed by atoms with Crippen molar-refractivity contribution in [1.82, 2.24) is 9.80 Å². The lowest BCUT2D eigenvalue weighted by molar-refractivity contribution is -0.147. The van der Waals surface area contributed by atoms with E-state index in [1.54, 1.807) is 0 Å². The molecule has 0 spiro atoms. The van der Waals surface area contributed by atoms with E-state index in [4.69, 9.17) is 4.74 Å². The Balaban J connectivity index is 1.41. The van der Waals surface area contributed by atoms with E-state index in [9.17, 15) is 4.79 Å². The summed E-state index contributed by atoms with van der Waals surface area (Å²) >= 11 is 0. The number of esters is 1. The van der Waals surface area contributed by atoms with Crippen LogP contribution in [0.25, 0.3) is 0 Å². The molecule has 30 heavy (non-hydrogen) atoms. The van der Waals surface area contributed by atoms with Gasteiger partial charge < -0.3 is 9.64 Å². The average molecular weight is 415 g/mol. The van der Waals surface area contributed by atoms with Gasteiger partial charge in [-0.2, -0.15) is 0 Å². The van der Waals surface area contributed by atoms with Crippen molar-refractivity contribution in [2.24, 2.45) is 17.3 Å². The van der Waals surface area contributed by atoms with Crippen molar-refractivity contribution in [3.05, 3.63) is 35.9 Å². The summed E-state index contributed by atoms with van der Waals surface area (Å²) in [6.07, 6.45) is 4.35. The third-order valence-corrected chi connectivity index (χ3v) is 7.29. The summed E-state index contributed by atoms with van der Waals surface area (Å²) in [5.74, 6) is 1.47. The zero-order valence-electron chi connectivity index (χ0n) is 19.8. The Kier molecular flexibility index (Phi) is 7.62. The molecule has 2 aliphatic heterocycles. The molecule has 4 heteroatoms. The van der Waals surface area contributed by atoms with E-state index in [1.807, 2.05) is 30.3 Å². The van der Waals surface area contributed by atoms with Crippen molar-refractivity contribution in [3.63, 3.8) is 0 Å². The highest BCUT2D eigenvalue weighted by molar-refractivity contribution is 5.70. The number of carbonyl (C=O) groups excluding carboxylic acids is 1. The van der Waals surface area contributed by atoms with E-state index in [0.717, 1.165) is 30.5 Å². The van der Waals surface area contributed by atoms with Crippen LogP contribution in [-0.4, -0.2) is 54.0 Å². The normalized spacial score (nSPS) is 22.4. The Morgan fingerprint density at radius 2 is 1.67 bits per heavy atom. The van der Waals surface area contributed by atoms with Gasteiger partial charge in [-0.3, -0.25) is 9.69 Å². The summed E-state index contributed by atoms with van der Waals surface area (Å²) < 4.78 is 5.54. The topological polar surface area (TPSA) is 32.8 Å². The summed E-state index contributed by atoms with van der Waals surface area (Å²) in [4.78, 5) is 17.6. The molecule has 0 aromatic heterocycles. The van der Waals surface area contributed by atoms with Crippen molar-refractivity contribution >= 4 is 5.97 Å². The van der Waals surface area contributed by atoms with Crippen LogP contribution in [0.1, 0.15) is 65.9 Å². The van der Waals surface area contributed by atoms with Crippen molar-refractivity contribution in [2.75, 3.05) is 32.7 Å². The molecular weight excluding hydrogens is 372 g/mol. The number of benzene rings is 1. The molecule has 0 aliphatic carbocycles. The Morgan fingerprint density at radius 3 is 2.30 bits per heavy atom.